The van der Waals surface area contributed by atoms with Crippen molar-refractivity contribution in [2.45, 2.75) is 33.2 Å². The van der Waals surface area contributed by atoms with E-state index in [2.05, 4.69) is 5.32 Å². The van der Waals surface area contributed by atoms with Crippen molar-refractivity contribution in [3.05, 3.63) is 35.1 Å². The van der Waals surface area contributed by atoms with Gasteiger partial charge in [-0.15, -0.1) is 0 Å². The van der Waals surface area contributed by atoms with E-state index in [1.165, 1.54) is 6.07 Å². The van der Waals surface area contributed by atoms with Gasteiger partial charge in [0.15, 0.2) is 0 Å². The minimum atomic E-state index is -0.537. The van der Waals surface area contributed by atoms with E-state index in [-0.39, 0.29) is 24.1 Å². The Morgan fingerprint density at radius 1 is 1.44 bits per heavy atom. The second kappa shape index (κ2) is 6.50. The summed E-state index contributed by atoms with van der Waals surface area (Å²) in [6.07, 6.45) is 0.744. The number of hydrogen-bond acceptors (Lipinski definition) is 2. The SMILES string of the molecule is CCc1ccc(F)c(C(=O)NC(CO)C(C)C)c1. The molecule has 1 aromatic rings. The third-order valence-corrected chi connectivity index (χ3v) is 3.00. The first-order valence-electron chi connectivity index (χ1n) is 6.19. The molecule has 18 heavy (non-hydrogen) atoms. The molecule has 0 aliphatic heterocycles. The van der Waals surface area contributed by atoms with Gasteiger partial charge < -0.3 is 10.4 Å². The maximum atomic E-state index is 13.6. The summed E-state index contributed by atoms with van der Waals surface area (Å²) >= 11 is 0. The summed E-state index contributed by atoms with van der Waals surface area (Å²) in [5, 5.41) is 11.8. The quantitative estimate of drug-likeness (QED) is 0.844. The number of halogens is 1. The molecule has 0 saturated heterocycles. The average molecular weight is 253 g/mol. The lowest BCUT2D eigenvalue weighted by molar-refractivity contribution is 0.0892. The number of benzene rings is 1. The lowest BCUT2D eigenvalue weighted by Gasteiger charge is -2.20. The fourth-order valence-electron chi connectivity index (χ4n) is 1.64. The third-order valence-electron chi connectivity index (χ3n) is 3.00. The molecule has 0 fully saturated rings. The Morgan fingerprint density at radius 2 is 2.11 bits per heavy atom. The van der Waals surface area contributed by atoms with Crippen LogP contribution in [0.15, 0.2) is 18.2 Å². The predicted molar refractivity (Wildman–Crippen MR) is 69.0 cm³/mol. The highest BCUT2D eigenvalue weighted by atomic mass is 19.1. The Kier molecular flexibility index (Phi) is 5.28. The summed E-state index contributed by atoms with van der Waals surface area (Å²) in [5.41, 5.74) is 0.945. The van der Waals surface area contributed by atoms with Crippen molar-refractivity contribution in [3.8, 4) is 0 Å². The molecule has 1 amide bonds. The maximum Gasteiger partial charge on any atom is 0.254 e. The molecule has 0 aromatic heterocycles. The van der Waals surface area contributed by atoms with Gasteiger partial charge in [-0.05, 0) is 30.0 Å². The zero-order valence-electron chi connectivity index (χ0n) is 11.0. The van der Waals surface area contributed by atoms with Crippen LogP contribution in [0.2, 0.25) is 0 Å². The lowest BCUT2D eigenvalue weighted by atomic mass is 10.0. The molecule has 0 aliphatic carbocycles. The summed E-state index contributed by atoms with van der Waals surface area (Å²) in [6.45, 7) is 5.57. The molecule has 1 unspecified atom stereocenters. The summed E-state index contributed by atoms with van der Waals surface area (Å²) in [4.78, 5) is 11.9. The highest BCUT2D eigenvalue weighted by molar-refractivity contribution is 5.94. The van der Waals surface area contributed by atoms with Crippen LogP contribution in [0, 0.1) is 11.7 Å². The Labute approximate surface area is 107 Å². The van der Waals surface area contributed by atoms with Crippen molar-refractivity contribution in [2.75, 3.05) is 6.61 Å². The lowest BCUT2D eigenvalue weighted by Crippen LogP contribution is -2.41. The molecule has 3 nitrogen and oxygen atoms in total. The summed E-state index contributed by atoms with van der Waals surface area (Å²) in [7, 11) is 0. The fourth-order valence-corrected chi connectivity index (χ4v) is 1.64. The van der Waals surface area contributed by atoms with Crippen LogP contribution in [-0.4, -0.2) is 23.7 Å². The van der Waals surface area contributed by atoms with Gasteiger partial charge in [0.05, 0.1) is 18.2 Å². The Balaban J connectivity index is 2.89. The standard InChI is InChI=1S/C14H20FNO2/c1-4-10-5-6-12(15)11(7-10)14(18)16-13(8-17)9(2)3/h5-7,9,13,17H,4,8H2,1-3H3,(H,16,18). The van der Waals surface area contributed by atoms with Gasteiger partial charge >= 0.3 is 0 Å². The number of rotatable bonds is 5. The second-order valence-corrected chi connectivity index (χ2v) is 4.67. The highest BCUT2D eigenvalue weighted by Gasteiger charge is 2.18. The Bertz CT molecular complexity index is 418. The molecule has 0 radical (unpaired) electrons. The van der Waals surface area contributed by atoms with E-state index in [1.54, 1.807) is 12.1 Å². The van der Waals surface area contributed by atoms with Gasteiger partial charge in [0.1, 0.15) is 5.82 Å². The van der Waals surface area contributed by atoms with Crippen molar-refractivity contribution < 1.29 is 14.3 Å². The van der Waals surface area contributed by atoms with Crippen molar-refractivity contribution >= 4 is 5.91 Å². The van der Waals surface area contributed by atoms with Crippen molar-refractivity contribution in [2.24, 2.45) is 5.92 Å². The Morgan fingerprint density at radius 3 is 2.61 bits per heavy atom. The van der Waals surface area contributed by atoms with Crippen LogP contribution in [0.5, 0.6) is 0 Å². The molecule has 0 aliphatic rings. The smallest absolute Gasteiger partial charge is 0.254 e. The molecule has 0 spiro atoms. The van der Waals surface area contributed by atoms with Gasteiger partial charge in [-0.25, -0.2) is 4.39 Å². The molecule has 2 N–H and O–H groups in total. The number of aliphatic hydroxyl groups is 1. The molecule has 0 saturated carbocycles. The monoisotopic (exact) mass is 253 g/mol. The van der Waals surface area contributed by atoms with Crippen LogP contribution in [0.1, 0.15) is 36.7 Å². The van der Waals surface area contributed by atoms with Crippen LogP contribution >= 0.6 is 0 Å². The molecule has 4 heteroatoms. The van der Waals surface area contributed by atoms with E-state index in [0.717, 1.165) is 12.0 Å². The van der Waals surface area contributed by atoms with Gasteiger partial charge in [0.25, 0.3) is 5.91 Å². The first-order chi connectivity index (χ1) is 8.49. The molecule has 1 aromatic carbocycles. The van der Waals surface area contributed by atoms with E-state index < -0.39 is 11.7 Å². The second-order valence-electron chi connectivity index (χ2n) is 4.67. The number of nitrogens with one attached hydrogen (secondary N) is 1. The Hall–Kier alpha value is -1.42. The number of hydrogen-bond donors (Lipinski definition) is 2. The van der Waals surface area contributed by atoms with Crippen LogP contribution in [0.3, 0.4) is 0 Å². The van der Waals surface area contributed by atoms with E-state index >= 15 is 0 Å². The average Bonchev–Trinajstić information content (AvgIpc) is 2.35. The zero-order chi connectivity index (χ0) is 13.7. The van der Waals surface area contributed by atoms with Crippen LogP contribution in [0.25, 0.3) is 0 Å². The van der Waals surface area contributed by atoms with Crippen LogP contribution in [0.4, 0.5) is 4.39 Å². The van der Waals surface area contributed by atoms with Gasteiger partial charge in [0.2, 0.25) is 0 Å². The first kappa shape index (κ1) is 14.6. The molecular weight excluding hydrogens is 233 g/mol. The number of carbonyl (C=O) groups is 1. The normalized spacial score (nSPS) is 12.6. The molecule has 0 heterocycles. The van der Waals surface area contributed by atoms with Crippen molar-refractivity contribution in [1.29, 1.82) is 0 Å². The van der Waals surface area contributed by atoms with Crippen molar-refractivity contribution in [3.63, 3.8) is 0 Å². The van der Waals surface area contributed by atoms with E-state index in [0.29, 0.717) is 0 Å². The van der Waals surface area contributed by atoms with E-state index in [1.807, 2.05) is 20.8 Å². The number of aryl methyl sites for hydroxylation is 1. The van der Waals surface area contributed by atoms with Gasteiger partial charge in [-0.2, -0.15) is 0 Å². The molecule has 1 rings (SSSR count). The van der Waals surface area contributed by atoms with Crippen molar-refractivity contribution in [1.82, 2.24) is 5.32 Å². The molecule has 0 bridgehead atoms. The van der Waals surface area contributed by atoms with Crippen LogP contribution in [-0.2, 0) is 6.42 Å². The topological polar surface area (TPSA) is 49.3 Å². The van der Waals surface area contributed by atoms with Crippen LogP contribution < -0.4 is 5.32 Å². The number of amides is 1. The molecular formula is C14H20FNO2. The largest absolute Gasteiger partial charge is 0.394 e. The number of aliphatic hydroxyl groups excluding tert-OH is 1. The summed E-state index contributed by atoms with van der Waals surface area (Å²) in [6, 6.07) is 4.16. The minimum absolute atomic E-state index is 0.0356. The van der Waals surface area contributed by atoms with E-state index in [4.69, 9.17) is 5.11 Å². The minimum Gasteiger partial charge on any atom is -0.394 e. The maximum absolute atomic E-state index is 13.6. The summed E-state index contributed by atoms with van der Waals surface area (Å²) in [5.74, 6) is -0.919. The first-order valence-corrected chi connectivity index (χ1v) is 6.19. The van der Waals surface area contributed by atoms with Gasteiger partial charge in [0, 0.05) is 0 Å². The fraction of sp³-hybridized carbons (Fsp3) is 0.500. The van der Waals surface area contributed by atoms with Gasteiger partial charge in [-0.1, -0.05) is 26.8 Å². The van der Waals surface area contributed by atoms with Gasteiger partial charge in [-0.3, -0.25) is 4.79 Å². The highest BCUT2D eigenvalue weighted by Crippen LogP contribution is 2.12. The zero-order valence-corrected chi connectivity index (χ0v) is 11.0. The third kappa shape index (κ3) is 3.53. The molecule has 1 atom stereocenters. The molecule has 100 valence electrons. The predicted octanol–water partition coefficient (Wildman–Crippen LogP) is 2.13. The van der Waals surface area contributed by atoms with E-state index in [9.17, 15) is 9.18 Å². The number of carbonyl (C=O) groups excluding carboxylic acids is 1. The summed E-state index contributed by atoms with van der Waals surface area (Å²) < 4.78 is 13.6.